The van der Waals surface area contributed by atoms with E-state index in [9.17, 15) is 0 Å². The number of nitrogens with zero attached hydrogens (tertiary/aromatic N) is 3. The van der Waals surface area contributed by atoms with Crippen molar-refractivity contribution in [3.05, 3.63) is 34.7 Å². The molecule has 2 aromatic heterocycles. The smallest absolute Gasteiger partial charge is 0.149 e. The Balaban J connectivity index is 2.24. The summed E-state index contributed by atoms with van der Waals surface area (Å²) in [4.78, 5) is 4.07. The Morgan fingerprint density at radius 2 is 2.13 bits per heavy atom. The van der Waals surface area contributed by atoms with Crippen molar-refractivity contribution in [2.75, 3.05) is 5.32 Å². The van der Waals surface area contributed by atoms with E-state index < -0.39 is 0 Å². The number of hydrogen-bond donors (Lipinski definition) is 1. The predicted molar refractivity (Wildman–Crippen MR) is 60.7 cm³/mol. The van der Waals surface area contributed by atoms with Gasteiger partial charge in [0.2, 0.25) is 0 Å². The first-order valence-electron chi connectivity index (χ1n) is 4.22. The van der Waals surface area contributed by atoms with E-state index in [1.807, 2.05) is 13.2 Å². The molecule has 6 heteroatoms. The van der Waals surface area contributed by atoms with Crippen molar-refractivity contribution in [2.45, 2.75) is 0 Å². The van der Waals surface area contributed by atoms with Crippen LogP contribution in [0.3, 0.4) is 0 Å². The van der Waals surface area contributed by atoms with Crippen LogP contribution in [-0.2, 0) is 7.05 Å². The Labute approximate surface area is 96.8 Å². The van der Waals surface area contributed by atoms with Crippen molar-refractivity contribution < 1.29 is 0 Å². The van der Waals surface area contributed by atoms with Gasteiger partial charge in [0.25, 0.3) is 0 Å². The normalized spacial score (nSPS) is 10.3. The lowest BCUT2D eigenvalue weighted by Gasteiger charge is -2.04. The topological polar surface area (TPSA) is 42.7 Å². The number of aromatic nitrogens is 3. The minimum absolute atomic E-state index is 0.478. The van der Waals surface area contributed by atoms with Gasteiger partial charge in [-0.2, -0.15) is 5.10 Å². The lowest BCUT2D eigenvalue weighted by atomic mass is 10.4. The van der Waals surface area contributed by atoms with E-state index in [0.717, 1.165) is 5.69 Å². The number of nitrogens with one attached hydrogen (secondary N) is 1. The maximum atomic E-state index is 5.95. The van der Waals surface area contributed by atoms with Crippen LogP contribution in [-0.4, -0.2) is 14.8 Å². The standard InChI is InChI=1S/C9H8Cl2N4/c1-15-5-7(4-13-15)14-9-8(11)2-6(10)3-12-9/h2-5H,1H3,(H,12,14). The summed E-state index contributed by atoms with van der Waals surface area (Å²) >= 11 is 11.7. The molecule has 1 N–H and O–H groups in total. The Morgan fingerprint density at radius 3 is 2.73 bits per heavy atom. The molecule has 2 rings (SSSR count). The van der Waals surface area contributed by atoms with Gasteiger partial charge in [0.05, 0.1) is 21.9 Å². The Hall–Kier alpha value is -1.26. The van der Waals surface area contributed by atoms with Crippen LogP contribution in [0.4, 0.5) is 11.5 Å². The molecule has 0 aliphatic heterocycles. The number of halogens is 2. The first kappa shape index (κ1) is 10.3. The van der Waals surface area contributed by atoms with Gasteiger partial charge in [-0.1, -0.05) is 23.2 Å². The Bertz CT molecular complexity index is 481. The number of anilines is 2. The fraction of sp³-hybridized carbons (Fsp3) is 0.111. The average molecular weight is 243 g/mol. The average Bonchev–Trinajstić information content (AvgIpc) is 2.56. The van der Waals surface area contributed by atoms with E-state index in [4.69, 9.17) is 23.2 Å². The quantitative estimate of drug-likeness (QED) is 0.881. The minimum Gasteiger partial charge on any atom is -0.336 e. The van der Waals surface area contributed by atoms with Crippen molar-refractivity contribution in [2.24, 2.45) is 7.05 Å². The molecule has 0 amide bonds. The van der Waals surface area contributed by atoms with Crippen LogP contribution in [0.1, 0.15) is 0 Å². The Kier molecular flexibility index (Phi) is 2.79. The molecular formula is C9H8Cl2N4. The summed E-state index contributed by atoms with van der Waals surface area (Å²) in [5.41, 5.74) is 0.828. The van der Waals surface area contributed by atoms with E-state index >= 15 is 0 Å². The molecule has 0 spiro atoms. The monoisotopic (exact) mass is 242 g/mol. The summed E-state index contributed by atoms with van der Waals surface area (Å²) in [6.07, 6.45) is 5.05. The molecule has 0 aromatic carbocycles. The highest BCUT2D eigenvalue weighted by atomic mass is 35.5. The molecule has 0 aliphatic rings. The van der Waals surface area contributed by atoms with E-state index in [1.165, 1.54) is 6.20 Å². The molecule has 2 heterocycles. The molecule has 0 aliphatic carbocycles. The van der Waals surface area contributed by atoms with Crippen LogP contribution in [0.15, 0.2) is 24.7 Å². The van der Waals surface area contributed by atoms with Crippen LogP contribution < -0.4 is 5.32 Å². The van der Waals surface area contributed by atoms with Gasteiger partial charge in [-0.3, -0.25) is 4.68 Å². The molecule has 0 unspecified atom stereocenters. The SMILES string of the molecule is Cn1cc(Nc2ncc(Cl)cc2Cl)cn1. The van der Waals surface area contributed by atoms with E-state index in [1.54, 1.807) is 16.9 Å². The van der Waals surface area contributed by atoms with Crippen LogP contribution in [0, 0.1) is 0 Å². The van der Waals surface area contributed by atoms with Crippen molar-refractivity contribution in [3.8, 4) is 0 Å². The fourth-order valence-electron chi connectivity index (χ4n) is 1.13. The number of pyridine rings is 1. The van der Waals surface area contributed by atoms with Crippen LogP contribution >= 0.6 is 23.2 Å². The number of aryl methyl sites for hydroxylation is 1. The zero-order valence-corrected chi connectivity index (χ0v) is 9.42. The molecular weight excluding hydrogens is 235 g/mol. The Morgan fingerprint density at radius 1 is 1.33 bits per heavy atom. The fourth-order valence-corrected chi connectivity index (χ4v) is 1.56. The van der Waals surface area contributed by atoms with Crippen molar-refractivity contribution >= 4 is 34.7 Å². The lowest BCUT2D eigenvalue weighted by Crippen LogP contribution is -1.93. The van der Waals surface area contributed by atoms with Crippen LogP contribution in [0.5, 0.6) is 0 Å². The highest BCUT2D eigenvalue weighted by molar-refractivity contribution is 6.36. The number of rotatable bonds is 2. The third-order valence-electron chi connectivity index (χ3n) is 1.78. The second-order valence-corrected chi connectivity index (χ2v) is 3.86. The molecule has 15 heavy (non-hydrogen) atoms. The molecule has 0 saturated heterocycles. The second kappa shape index (κ2) is 4.08. The molecule has 0 atom stereocenters. The molecule has 78 valence electrons. The molecule has 0 fully saturated rings. The van der Waals surface area contributed by atoms with Gasteiger partial charge in [-0.25, -0.2) is 4.98 Å². The first-order chi connectivity index (χ1) is 7.15. The van der Waals surface area contributed by atoms with E-state index in [-0.39, 0.29) is 0 Å². The highest BCUT2D eigenvalue weighted by Gasteiger charge is 2.04. The summed E-state index contributed by atoms with van der Waals surface area (Å²) in [6, 6.07) is 1.63. The summed E-state index contributed by atoms with van der Waals surface area (Å²) in [5.74, 6) is 0.564. The van der Waals surface area contributed by atoms with Crippen molar-refractivity contribution in [1.82, 2.24) is 14.8 Å². The summed E-state index contributed by atoms with van der Waals surface area (Å²) in [5, 5.41) is 8.04. The van der Waals surface area contributed by atoms with Gasteiger partial charge in [-0.05, 0) is 6.07 Å². The molecule has 0 saturated carbocycles. The van der Waals surface area contributed by atoms with Gasteiger partial charge in [0.1, 0.15) is 5.82 Å². The zero-order valence-electron chi connectivity index (χ0n) is 7.91. The maximum Gasteiger partial charge on any atom is 0.149 e. The van der Waals surface area contributed by atoms with Crippen LogP contribution in [0.25, 0.3) is 0 Å². The summed E-state index contributed by atoms with van der Waals surface area (Å²) in [7, 11) is 1.84. The van der Waals surface area contributed by atoms with Crippen molar-refractivity contribution in [1.29, 1.82) is 0 Å². The van der Waals surface area contributed by atoms with Gasteiger partial charge < -0.3 is 5.32 Å². The highest BCUT2D eigenvalue weighted by Crippen LogP contribution is 2.25. The largest absolute Gasteiger partial charge is 0.336 e. The predicted octanol–water partition coefficient (Wildman–Crippen LogP) is 2.87. The molecule has 4 nitrogen and oxygen atoms in total. The summed E-state index contributed by atoms with van der Waals surface area (Å²) < 4.78 is 1.69. The first-order valence-corrected chi connectivity index (χ1v) is 4.97. The number of hydrogen-bond acceptors (Lipinski definition) is 3. The lowest BCUT2D eigenvalue weighted by molar-refractivity contribution is 0.768. The van der Waals surface area contributed by atoms with Crippen LogP contribution in [0.2, 0.25) is 10.0 Å². The molecule has 2 aromatic rings. The summed E-state index contributed by atoms with van der Waals surface area (Å²) in [6.45, 7) is 0. The third kappa shape index (κ3) is 2.40. The maximum absolute atomic E-state index is 5.95. The second-order valence-electron chi connectivity index (χ2n) is 3.01. The molecule has 0 radical (unpaired) electrons. The van der Waals surface area contributed by atoms with Gasteiger partial charge >= 0.3 is 0 Å². The van der Waals surface area contributed by atoms with E-state index in [2.05, 4.69) is 15.4 Å². The van der Waals surface area contributed by atoms with Gasteiger partial charge in [0, 0.05) is 19.4 Å². The van der Waals surface area contributed by atoms with Gasteiger partial charge in [-0.15, -0.1) is 0 Å². The van der Waals surface area contributed by atoms with E-state index in [0.29, 0.717) is 15.9 Å². The molecule has 0 bridgehead atoms. The van der Waals surface area contributed by atoms with Crippen molar-refractivity contribution in [3.63, 3.8) is 0 Å². The van der Waals surface area contributed by atoms with Gasteiger partial charge in [0.15, 0.2) is 0 Å². The third-order valence-corrected chi connectivity index (χ3v) is 2.27. The minimum atomic E-state index is 0.478. The zero-order chi connectivity index (χ0) is 10.8.